The van der Waals surface area contributed by atoms with E-state index in [0.717, 1.165) is 85.5 Å². The number of H-pyrrole nitrogens is 1. The van der Waals surface area contributed by atoms with Gasteiger partial charge in [-0.2, -0.15) is 15.2 Å². The van der Waals surface area contributed by atoms with E-state index >= 15 is 0 Å². The van der Waals surface area contributed by atoms with E-state index < -0.39 is 0 Å². The van der Waals surface area contributed by atoms with Gasteiger partial charge in [-0.05, 0) is 86.5 Å². The van der Waals surface area contributed by atoms with Gasteiger partial charge in [0, 0.05) is 155 Å². The van der Waals surface area contributed by atoms with E-state index in [1.807, 2.05) is 233 Å². The summed E-state index contributed by atoms with van der Waals surface area (Å²) in [6.45, 7) is 77.4. The monoisotopic (exact) mass is 1820 g/mol. The number of carbonyl (C=O) groups excluding carboxylic acids is 7. The number of terminal acetylenes is 1. The molecule has 0 atom stereocenters. The van der Waals surface area contributed by atoms with Crippen LogP contribution in [0.25, 0.3) is 6.08 Å². The molecule has 6 amide bonds. The van der Waals surface area contributed by atoms with Crippen molar-refractivity contribution in [3.05, 3.63) is 131 Å². The van der Waals surface area contributed by atoms with Gasteiger partial charge < -0.3 is 66.8 Å². The highest BCUT2D eigenvalue weighted by molar-refractivity contribution is 5.80. The van der Waals surface area contributed by atoms with Crippen LogP contribution in [0.5, 0.6) is 0 Å². The number of nitriles is 1. The zero-order chi connectivity index (χ0) is 100. The van der Waals surface area contributed by atoms with E-state index in [9.17, 15) is 33.6 Å². The average Bonchev–Trinajstić information content (AvgIpc) is 1.69. The summed E-state index contributed by atoms with van der Waals surface area (Å²) < 4.78 is 33.9. The average molecular weight is 1820 g/mol. The number of hydrogen-bond acceptors (Lipinski definition) is 26. The summed E-state index contributed by atoms with van der Waals surface area (Å²) in [4.78, 5) is 98.2. The number of rotatable bonds is 16. The van der Waals surface area contributed by atoms with E-state index in [0.29, 0.717) is 113 Å². The highest BCUT2D eigenvalue weighted by Crippen LogP contribution is 2.24. The molecule has 130 heavy (non-hydrogen) atoms. The number of nitrogens with one attached hydrogen (secondary N) is 3. The lowest BCUT2D eigenvalue weighted by Crippen LogP contribution is -2.50. The molecule has 728 valence electrons. The largest absolute Gasteiger partial charge is 0.428 e. The predicted octanol–water partition coefficient (Wildman–Crippen LogP) is 18.9. The van der Waals surface area contributed by atoms with E-state index in [2.05, 4.69) is 130 Å². The Morgan fingerprint density at radius 1 is 0.577 bits per heavy atom. The molecule has 4 aliphatic rings. The molecule has 3 N–H and O–H groups in total. The summed E-state index contributed by atoms with van der Waals surface area (Å²) in [6.07, 6.45) is 15.9. The second-order valence-corrected chi connectivity index (χ2v) is 37.9. The van der Waals surface area contributed by atoms with Crippen LogP contribution in [0.3, 0.4) is 0 Å². The van der Waals surface area contributed by atoms with Crippen molar-refractivity contribution < 1.29 is 65.1 Å². The van der Waals surface area contributed by atoms with Gasteiger partial charge in [0.05, 0.1) is 35.3 Å². The van der Waals surface area contributed by atoms with Crippen LogP contribution in [0.1, 0.15) is 362 Å². The van der Waals surface area contributed by atoms with Gasteiger partial charge in [-0.3, -0.25) is 33.6 Å². The topological polar surface area (TPSA) is 430 Å². The van der Waals surface area contributed by atoms with Crippen molar-refractivity contribution in [2.75, 3.05) is 60.4 Å². The first kappa shape index (κ1) is 121. The van der Waals surface area contributed by atoms with Gasteiger partial charge in [-0.25, -0.2) is 4.98 Å². The van der Waals surface area contributed by atoms with Crippen LogP contribution < -0.4 is 10.6 Å². The second kappa shape index (κ2) is 62.9. The van der Waals surface area contributed by atoms with Gasteiger partial charge in [0.2, 0.25) is 65.3 Å². The molecule has 0 radical (unpaired) electrons. The smallest absolute Gasteiger partial charge is 0.232 e. The predicted molar refractivity (Wildman–Crippen MR) is 507 cm³/mol. The minimum atomic E-state index is -0.0265. The van der Waals surface area contributed by atoms with Crippen molar-refractivity contribution >= 4 is 47.8 Å². The maximum atomic E-state index is 11.2. The minimum absolute atomic E-state index is 0.0174. The molecule has 0 unspecified atom stereocenters. The fraction of sp³-hybridized carbons (Fsp3) is 0.660. The molecule has 33 heteroatoms. The molecule has 0 bridgehead atoms. The number of likely N-dealkylation sites (tertiary alicyclic amines) is 3. The number of carbonyl (C=O) groups is 7. The van der Waals surface area contributed by atoms with Gasteiger partial charge in [-0.1, -0.05) is 259 Å². The van der Waals surface area contributed by atoms with Crippen LogP contribution in [-0.4, -0.2) is 189 Å². The van der Waals surface area contributed by atoms with Crippen LogP contribution in [0.2, 0.25) is 0 Å². The fourth-order valence-corrected chi connectivity index (χ4v) is 9.76. The fourth-order valence-electron chi connectivity index (χ4n) is 9.76. The van der Waals surface area contributed by atoms with Crippen LogP contribution in [0, 0.1) is 84.9 Å². The lowest BCUT2D eigenvalue weighted by molar-refractivity contribution is -0.141. The Morgan fingerprint density at radius 3 is 1.25 bits per heavy atom. The highest BCUT2D eigenvalue weighted by atomic mass is 16.5. The first-order valence-electron chi connectivity index (χ1n) is 45.1. The number of aromatic nitrogens is 12. The van der Waals surface area contributed by atoms with Crippen molar-refractivity contribution in [2.24, 2.45) is 47.3 Å². The van der Waals surface area contributed by atoms with Crippen LogP contribution >= 0.6 is 0 Å². The summed E-state index contributed by atoms with van der Waals surface area (Å²) in [5.74, 6) is 14.5. The van der Waals surface area contributed by atoms with E-state index in [1.165, 1.54) is 37.7 Å². The quantitative estimate of drug-likeness (QED) is 0.0597. The van der Waals surface area contributed by atoms with E-state index in [4.69, 9.17) is 38.7 Å². The van der Waals surface area contributed by atoms with Crippen molar-refractivity contribution in [1.29, 1.82) is 5.26 Å². The number of aromatic amines is 1. The molecule has 0 aromatic carbocycles. The maximum Gasteiger partial charge on any atom is 0.232 e. The van der Waals surface area contributed by atoms with Crippen molar-refractivity contribution in [3.8, 4) is 18.4 Å². The van der Waals surface area contributed by atoms with E-state index in [-0.39, 0.29) is 64.1 Å². The van der Waals surface area contributed by atoms with Gasteiger partial charge >= 0.3 is 0 Å². The third-order valence-corrected chi connectivity index (χ3v) is 18.2. The Labute approximate surface area is 775 Å². The molecule has 0 spiro atoms. The molecule has 1 saturated carbocycles. The maximum absolute atomic E-state index is 11.2. The third-order valence-electron chi connectivity index (χ3n) is 18.2. The first-order valence-corrected chi connectivity index (χ1v) is 45.1. The minimum Gasteiger partial charge on any atom is -0.428 e. The van der Waals surface area contributed by atoms with Crippen molar-refractivity contribution in [3.63, 3.8) is 0 Å². The normalized spacial score (nSPS) is 12.9. The summed E-state index contributed by atoms with van der Waals surface area (Å²) in [7, 11) is 5.17. The van der Waals surface area contributed by atoms with Crippen LogP contribution in [-0.2, 0) is 46.0 Å². The summed E-state index contributed by atoms with van der Waals surface area (Å²) in [6, 6.07) is 9.68. The second-order valence-electron chi connectivity index (χ2n) is 37.9. The van der Waals surface area contributed by atoms with Gasteiger partial charge in [0.1, 0.15) is 5.82 Å². The van der Waals surface area contributed by atoms with Crippen molar-refractivity contribution in [1.82, 2.24) is 91.3 Å². The molecule has 33 nitrogen and oxygen atoms in total. The van der Waals surface area contributed by atoms with Gasteiger partial charge in [0.25, 0.3) is 0 Å². The highest BCUT2D eigenvalue weighted by Gasteiger charge is 2.30. The Balaban J connectivity index is 0. The SMILES string of the molecule is C#Cc1cc(C(C)C)no1.C=Cc1cc(C(C)C)no1.CC(C)(C)c1ncno1.CC(C)C(=O)N(C)C.CC(C)C(=O)N1CCC1.CC(C)C(=O)NC1CC1.CC(C)c1cc(C=O)on1.CC(C)c1cc(CC#N)on1.CC(C)c1nnco1.CC1CN(C(=O)C(C)C)C1.CC1CN(C(=O)C(C)C)C1.CNC(=O)C(C)C.Cc1ncc(C(C)C)[nH]1.Cc1noc(C(C)(C)C)n1. The van der Waals surface area contributed by atoms with Crippen LogP contribution in [0.4, 0.5) is 0 Å². The summed E-state index contributed by atoms with van der Waals surface area (Å²) >= 11 is 0. The van der Waals surface area contributed by atoms with Gasteiger partial charge in [-0.15, -0.1) is 16.6 Å². The standard InChI is InChI=1S/C8H10N2O.2C8H15NO.C8H11NO.C8H9NO.C7H12N2O.C7H12N2.C7H9NO2.2C7H13NO.C6H10N2O.C6H13NO.C5H8N2O.C5H11NO/c1-6(2)8-5-7(3-4-9)11-10-8;2*1-6(2)8(10)9-4-7(3)5-9;2*1-4-7-5-8(6(2)3)9-10-7;1-5-8-6(10-9-5)7(2,3)4;1-5(2)7-4-8-6(3)9-7;1-5(2)7-3-6(4-9)10-8-7;1-6(2)7(9)8-4-3-5-8;1-5(2)7(9)8-6-3-4-6;1-6(2,3)5-7-4-8-9-5;1-5(2)6(8)7(3)4;1-4(2)5-7-6-3-8-5;1-4(2)5(7)6-3/h5-6H,3H2,1-2H3;2*6-7H,4-5H2,1-3H3;4-6H,1H2,2-3H3;1,5-6H,2-3H3;1-4H3;4-5H,1-3H3,(H,8,9);3-5H,1-2H3;6H,3-5H2,1-2H3;5-6H,3-4H2,1-2H3,(H,8,9);4H,1-3H3;5H,1-4H3;3-4H,1-2H3;4H,1-3H3,(H,6,7). The van der Waals surface area contributed by atoms with Crippen molar-refractivity contribution in [2.45, 2.75) is 313 Å². The number of aldehydes is 1. The number of aryl methyl sites for hydroxylation is 2. The molecule has 1 aliphatic carbocycles. The van der Waals surface area contributed by atoms with E-state index in [1.54, 1.807) is 44.3 Å². The number of imidazole rings is 1. The molecule has 3 saturated heterocycles. The zero-order valence-electron chi connectivity index (χ0n) is 85.6. The Bertz CT molecular complexity index is 4390. The molecule has 12 rings (SSSR count). The molecule has 8 aromatic rings. The van der Waals surface area contributed by atoms with Gasteiger partial charge in [0.15, 0.2) is 35.7 Å². The Kier molecular flexibility index (Phi) is 58.4. The number of amides is 6. The molecular formula is C97H161N19O14. The molecule has 8 aromatic heterocycles. The number of nitrogens with zero attached hydrogens (tertiary/aromatic N) is 16. The molecule has 11 heterocycles. The zero-order valence-corrected chi connectivity index (χ0v) is 85.6. The molecule has 3 aliphatic heterocycles. The summed E-state index contributed by atoms with van der Waals surface area (Å²) in [5, 5.41) is 43.3. The van der Waals surface area contributed by atoms with Crippen LogP contribution in [0.15, 0.2) is 81.3 Å². The molecular weight excluding hydrogens is 1660 g/mol. The number of hydrogen-bond donors (Lipinski definition) is 3. The Hall–Kier alpha value is -11.2. The third kappa shape index (κ3) is 52.4. The molecule has 4 fully saturated rings. The Morgan fingerprint density at radius 2 is 1.03 bits per heavy atom. The lowest BCUT2D eigenvalue weighted by Gasteiger charge is -2.38. The summed E-state index contributed by atoms with van der Waals surface area (Å²) in [5.41, 5.74) is 4.80. The lowest BCUT2D eigenvalue weighted by atomic mass is 9.97. The first-order chi connectivity index (χ1) is 60.4.